The summed E-state index contributed by atoms with van der Waals surface area (Å²) >= 11 is 0. The van der Waals surface area contributed by atoms with E-state index in [1.807, 2.05) is 17.2 Å². The topological polar surface area (TPSA) is 94.2 Å². The normalized spacial score (nSPS) is 20.4. The summed E-state index contributed by atoms with van der Waals surface area (Å²) in [6, 6.07) is 2.77. The average Bonchev–Trinajstić information content (AvgIpc) is 3.16. The highest BCUT2D eigenvalue weighted by molar-refractivity contribution is 5.78. The molecule has 2 aromatic heterocycles. The largest absolute Gasteiger partial charge is 0.339 e. The molecular weight excluding hydrogens is 380 g/mol. The summed E-state index contributed by atoms with van der Waals surface area (Å²) in [5.74, 6) is 0.766. The number of carbonyl (C=O) groups excluding carboxylic acids is 1. The molecular formula is C21H26N8O. The van der Waals surface area contributed by atoms with Crippen molar-refractivity contribution in [1.82, 2.24) is 34.4 Å². The van der Waals surface area contributed by atoms with Gasteiger partial charge in [0, 0.05) is 63.5 Å². The first-order valence-corrected chi connectivity index (χ1v) is 10.7. The predicted molar refractivity (Wildman–Crippen MR) is 109 cm³/mol. The maximum absolute atomic E-state index is 12.8. The lowest BCUT2D eigenvalue weighted by Crippen LogP contribution is -2.55. The third-order valence-corrected chi connectivity index (χ3v) is 6.52. The molecule has 9 nitrogen and oxygen atoms in total. The van der Waals surface area contributed by atoms with Crippen molar-refractivity contribution in [3.8, 4) is 11.9 Å². The molecule has 1 aliphatic carbocycles. The zero-order chi connectivity index (χ0) is 20.5. The van der Waals surface area contributed by atoms with Gasteiger partial charge in [-0.25, -0.2) is 9.67 Å². The molecule has 0 unspecified atom stereocenters. The second-order valence-electron chi connectivity index (χ2n) is 8.38. The molecule has 1 saturated heterocycles. The fraction of sp³-hybridized carbons (Fsp3) is 0.571. The van der Waals surface area contributed by atoms with Crippen molar-refractivity contribution in [1.29, 1.82) is 5.26 Å². The number of rotatable bonds is 4. The maximum Gasteiger partial charge on any atom is 0.236 e. The highest BCUT2D eigenvalue weighted by Crippen LogP contribution is 2.25. The van der Waals surface area contributed by atoms with E-state index in [1.165, 1.54) is 25.5 Å². The second-order valence-corrected chi connectivity index (χ2v) is 8.38. The highest BCUT2D eigenvalue weighted by atomic mass is 16.2. The molecule has 2 aromatic rings. The van der Waals surface area contributed by atoms with Gasteiger partial charge in [-0.15, -0.1) is 0 Å². The lowest BCUT2D eigenvalue weighted by atomic mass is 9.91. The van der Waals surface area contributed by atoms with Gasteiger partial charge in [-0.05, 0) is 12.8 Å². The first kappa shape index (κ1) is 19.2. The van der Waals surface area contributed by atoms with Crippen molar-refractivity contribution in [3.63, 3.8) is 0 Å². The smallest absolute Gasteiger partial charge is 0.236 e. The van der Waals surface area contributed by atoms with Crippen molar-refractivity contribution >= 4 is 5.91 Å². The molecule has 9 heteroatoms. The molecule has 0 aromatic carbocycles. The third kappa shape index (κ3) is 3.80. The van der Waals surface area contributed by atoms with E-state index in [-0.39, 0.29) is 11.6 Å². The van der Waals surface area contributed by atoms with E-state index in [0.29, 0.717) is 18.9 Å². The van der Waals surface area contributed by atoms with Gasteiger partial charge in [-0.1, -0.05) is 6.42 Å². The monoisotopic (exact) mass is 406 g/mol. The number of hydrogen-bond acceptors (Lipinski definition) is 7. The summed E-state index contributed by atoms with van der Waals surface area (Å²) in [4.78, 5) is 27.9. The minimum absolute atomic E-state index is 0.228. The Labute approximate surface area is 175 Å². The van der Waals surface area contributed by atoms with E-state index in [2.05, 4.69) is 24.9 Å². The van der Waals surface area contributed by atoms with E-state index in [4.69, 9.17) is 5.26 Å². The zero-order valence-electron chi connectivity index (χ0n) is 17.1. The Morgan fingerprint density at radius 2 is 2.00 bits per heavy atom. The molecule has 3 aliphatic rings. The Morgan fingerprint density at radius 1 is 1.17 bits per heavy atom. The molecule has 2 fully saturated rings. The number of nitrogens with zero attached hydrogens (tertiary/aromatic N) is 8. The Hall–Kier alpha value is -2.83. The number of aromatic nitrogens is 4. The first-order valence-electron chi connectivity index (χ1n) is 10.7. The number of hydrogen-bond donors (Lipinski definition) is 0. The molecule has 0 radical (unpaired) electrons. The van der Waals surface area contributed by atoms with Gasteiger partial charge in [0.15, 0.2) is 11.5 Å². The van der Waals surface area contributed by atoms with Crippen molar-refractivity contribution < 1.29 is 4.79 Å². The van der Waals surface area contributed by atoms with Crippen LogP contribution in [-0.4, -0.2) is 85.7 Å². The predicted octanol–water partition coefficient (Wildman–Crippen LogP) is 0.589. The van der Waals surface area contributed by atoms with E-state index < -0.39 is 0 Å². The van der Waals surface area contributed by atoms with Crippen molar-refractivity contribution in [2.75, 3.05) is 39.3 Å². The number of amides is 1. The molecule has 0 atom stereocenters. The lowest BCUT2D eigenvalue weighted by Gasteiger charge is -2.43. The SMILES string of the molecule is N#Cc1cncc(-n2cc3c(n2)CCN(CC(=O)N2CCN(C4CCC4)CC2)C3)n1. The van der Waals surface area contributed by atoms with Crippen LogP contribution >= 0.6 is 0 Å². The number of fused-ring (bicyclic) bond motifs is 1. The van der Waals surface area contributed by atoms with Gasteiger partial charge in [0.2, 0.25) is 5.91 Å². The molecule has 5 rings (SSSR count). The molecule has 1 amide bonds. The van der Waals surface area contributed by atoms with Crippen LogP contribution in [0.15, 0.2) is 18.6 Å². The van der Waals surface area contributed by atoms with Gasteiger partial charge in [-0.3, -0.25) is 19.6 Å². The van der Waals surface area contributed by atoms with Gasteiger partial charge in [0.05, 0.1) is 24.6 Å². The Kier molecular flexibility index (Phi) is 5.19. The lowest BCUT2D eigenvalue weighted by molar-refractivity contribution is -0.135. The number of carbonyl (C=O) groups is 1. The zero-order valence-corrected chi connectivity index (χ0v) is 17.1. The van der Waals surface area contributed by atoms with Crippen LogP contribution in [0, 0.1) is 11.3 Å². The van der Waals surface area contributed by atoms with Crippen molar-refractivity contribution in [3.05, 3.63) is 35.5 Å². The van der Waals surface area contributed by atoms with E-state index in [9.17, 15) is 4.79 Å². The van der Waals surface area contributed by atoms with Crippen LogP contribution < -0.4 is 0 Å². The summed E-state index contributed by atoms with van der Waals surface area (Å²) in [5.41, 5.74) is 2.40. The minimum atomic E-state index is 0.228. The van der Waals surface area contributed by atoms with E-state index >= 15 is 0 Å². The van der Waals surface area contributed by atoms with Gasteiger partial charge in [-0.2, -0.15) is 10.4 Å². The van der Waals surface area contributed by atoms with Crippen LogP contribution in [0.5, 0.6) is 0 Å². The van der Waals surface area contributed by atoms with Gasteiger partial charge < -0.3 is 4.90 Å². The summed E-state index contributed by atoms with van der Waals surface area (Å²) in [5, 5.41) is 13.6. The van der Waals surface area contributed by atoms with Crippen molar-refractivity contribution in [2.24, 2.45) is 0 Å². The van der Waals surface area contributed by atoms with E-state index in [1.54, 1.807) is 10.9 Å². The fourth-order valence-corrected chi connectivity index (χ4v) is 4.52. The molecule has 30 heavy (non-hydrogen) atoms. The van der Waals surface area contributed by atoms with Crippen LogP contribution in [0.2, 0.25) is 0 Å². The Balaban J connectivity index is 1.18. The second kappa shape index (κ2) is 8.13. The average molecular weight is 406 g/mol. The van der Waals surface area contributed by atoms with Crippen molar-refractivity contribution in [2.45, 2.75) is 38.3 Å². The maximum atomic E-state index is 12.8. The Bertz CT molecular complexity index is 968. The van der Waals surface area contributed by atoms with Gasteiger partial charge in [0.1, 0.15) is 6.07 Å². The van der Waals surface area contributed by atoms with Crippen LogP contribution in [-0.2, 0) is 17.8 Å². The van der Waals surface area contributed by atoms with Gasteiger partial charge >= 0.3 is 0 Å². The molecule has 0 bridgehead atoms. The number of nitriles is 1. The molecule has 0 spiro atoms. The summed E-state index contributed by atoms with van der Waals surface area (Å²) in [6.45, 7) is 5.70. The highest BCUT2D eigenvalue weighted by Gasteiger charge is 2.30. The molecule has 0 N–H and O–H groups in total. The third-order valence-electron chi connectivity index (χ3n) is 6.52. The van der Waals surface area contributed by atoms with Crippen LogP contribution in [0.1, 0.15) is 36.2 Å². The standard InChI is InChI=1S/C21H26N8O/c22-10-17-11-23-12-20(24-17)29-14-16-13-26(5-4-19(16)25-29)15-21(30)28-8-6-27(7-9-28)18-2-1-3-18/h11-12,14,18H,1-9,13,15H2. The molecule has 2 aliphatic heterocycles. The first-order chi connectivity index (χ1) is 14.7. The quantitative estimate of drug-likeness (QED) is 0.733. The van der Waals surface area contributed by atoms with Crippen LogP contribution in [0.3, 0.4) is 0 Å². The van der Waals surface area contributed by atoms with E-state index in [0.717, 1.165) is 56.4 Å². The minimum Gasteiger partial charge on any atom is -0.339 e. The molecule has 156 valence electrons. The molecule has 4 heterocycles. The summed E-state index contributed by atoms with van der Waals surface area (Å²) < 4.78 is 1.68. The summed E-state index contributed by atoms with van der Waals surface area (Å²) in [6.07, 6.45) is 9.78. The van der Waals surface area contributed by atoms with Crippen LogP contribution in [0.4, 0.5) is 0 Å². The Morgan fingerprint density at radius 3 is 2.73 bits per heavy atom. The summed E-state index contributed by atoms with van der Waals surface area (Å²) in [7, 11) is 0. The number of piperazine rings is 1. The van der Waals surface area contributed by atoms with Gasteiger partial charge in [0.25, 0.3) is 0 Å². The fourth-order valence-electron chi connectivity index (χ4n) is 4.52. The molecule has 1 saturated carbocycles. The van der Waals surface area contributed by atoms with Crippen LogP contribution in [0.25, 0.3) is 5.82 Å².